The highest BCUT2D eigenvalue weighted by Crippen LogP contribution is 2.41. The first kappa shape index (κ1) is 14.5. The molecule has 0 radical (unpaired) electrons. The van der Waals surface area contributed by atoms with E-state index < -0.39 is 0 Å². The first-order valence-electron chi connectivity index (χ1n) is 7.06. The van der Waals surface area contributed by atoms with Gasteiger partial charge in [0, 0.05) is 20.9 Å². The molecular formula is C18H18OS2. The van der Waals surface area contributed by atoms with Gasteiger partial charge in [-0.3, -0.25) is 4.79 Å². The molecule has 0 unspecified atom stereocenters. The molecule has 1 aliphatic rings. The summed E-state index contributed by atoms with van der Waals surface area (Å²) in [6, 6.07) is 8.18. The summed E-state index contributed by atoms with van der Waals surface area (Å²) in [6.07, 6.45) is 5.84. The van der Waals surface area contributed by atoms with Crippen LogP contribution in [0.25, 0.3) is 12.2 Å². The molecule has 0 aliphatic heterocycles. The van der Waals surface area contributed by atoms with Gasteiger partial charge in [0.2, 0.25) is 0 Å². The zero-order valence-corrected chi connectivity index (χ0v) is 13.9. The fourth-order valence-electron chi connectivity index (χ4n) is 2.78. The number of hydrogen-bond donors (Lipinski definition) is 0. The van der Waals surface area contributed by atoms with Crippen LogP contribution in [0.5, 0.6) is 0 Å². The molecule has 1 fully saturated rings. The third-order valence-corrected chi connectivity index (χ3v) is 5.28. The first-order valence-corrected chi connectivity index (χ1v) is 8.82. The Balaban J connectivity index is 1.97. The van der Waals surface area contributed by atoms with E-state index in [1.54, 1.807) is 22.7 Å². The zero-order valence-electron chi connectivity index (χ0n) is 12.3. The monoisotopic (exact) mass is 314 g/mol. The third kappa shape index (κ3) is 3.42. The molecule has 108 valence electrons. The van der Waals surface area contributed by atoms with E-state index in [2.05, 4.69) is 38.1 Å². The van der Waals surface area contributed by atoms with Crippen molar-refractivity contribution in [3.05, 3.63) is 55.9 Å². The maximum absolute atomic E-state index is 12.7. The van der Waals surface area contributed by atoms with Crippen molar-refractivity contribution >= 4 is 40.6 Å². The van der Waals surface area contributed by atoms with Crippen molar-refractivity contribution in [1.82, 2.24) is 0 Å². The van der Waals surface area contributed by atoms with Crippen LogP contribution in [0.4, 0.5) is 0 Å². The van der Waals surface area contributed by atoms with E-state index >= 15 is 0 Å². The molecule has 2 heterocycles. The molecular weight excluding hydrogens is 296 g/mol. The summed E-state index contributed by atoms with van der Waals surface area (Å²) < 4.78 is 0. The van der Waals surface area contributed by atoms with Crippen LogP contribution in [0.15, 0.2) is 46.2 Å². The molecule has 3 heteroatoms. The molecule has 0 spiro atoms. The molecule has 3 rings (SSSR count). The summed E-state index contributed by atoms with van der Waals surface area (Å²) in [6.45, 7) is 4.48. The predicted molar refractivity (Wildman–Crippen MR) is 92.6 cm³/mol. The largest absolute Gasteiger partial charge is 0.289 e. The van der Waals surface area contributed by atoms with Gasteiger partial charge in [0.25, 0.3) is 0 Å². The van der Waals surface area contributed by atoms with Crippen LogP contribution < -0.4 is 0 Å². The molecule has 0 atom stereocenters. The fraction of sp³-hybridized carbons (Fsp3) is 0.278. The van der Waals surface area contributed by atoms with Crippen molar-refractivity contribution in [2.24, 2.45) is 5.41 Å². The van der Waals surface area contributed by atoms with E-state index in [-0.39, 0.29) is 11.2 Å². The van der Waals surface area contributed by atoms with Gasteiger partial charge in [-0.2, -0.15) is 0 Å². The number of rotatable bonds is 2. The van der Waals surface area contributed by atoms with Gasteiger partial charge in [0.05, 0.1) is 0 Å². The minimum Gasteiger partial charge on any atom is -0.289 e. The predicted octanol–water partition coefficient (Wildman–Crippen LogP) is 5.67. The lowest BCUT2D eigenvalue weighted by molar-refractivity contribution is -0.113. The van der Waals surface area contributed by atoms with Gasteiger partial charge in [0.15, 0.2) is 5.78 Å². The molecule has 0 amide bonds. The Hall–Kier alpha value is -1.45. The van der Waals surface area contributed by atoms with Crippen LogP contribution in [0, 0.1) is 5.41 Å². The number of allylic oxidation sites excluding steroid dienone is 2. The van der Waals surface area contributed by atoms with Crippen molar-refractivity contribution in [3.8, 4) is 0 Å². The van der Waals surface area contributed by atoms with E-state index in [0.29, 0.717) is 0 Å². The average Bonchev–Trinajstić information content (AvgIpc) is 3.07. The SMILES string of the molecule is CC1(C)CC(=Cc2cccs2)C(=O)C(=Cc2cccs2)C1. The second-order valence-corrected chi connectivity index (χ2v) is 8.18. The van der Waals surface area contributed by atoms with Crippen molar-refractivity contribution < 1.29 is 4.79 Å². The Labute approximate surface area is 133 Å². The van der Waals surface area contributed by atoms with Crippen LogP contribution in [0.2, 0.25) is 0 Å². The molecule has 0 aromatic carbocycles. The summed E-state index contributed by atoms with van der Waals surface area (Å²) in [5.41, 5.74) is 2.02. The van der Waals surface area contributed by atoms with Crippen LogP contribution in [-0.2, 0) is 4.79 Å². The number of hydrogen-bond acceptors (Lipinski definition) is 3. The lowest BCUT2D eigenvalue weighted by Crippen LogP contribution is -2.25. The third-order valence-electron chi connectivity index (χ3n) is 3.64. The normalized spacial score (nSPS) is 22.1. The van der Waals surface area contributed by atoms with Gasteiger partial charge in [-0.15, -0.1) is 22.7 Å². The van der Waals surface area contributed by atoms with Crippen molar-refractivity contribution in [3.63, 3.8) is 0 Å². The van der Waals surface area contributed by atoms with E-state index in [4.69, 9.17) is 0 Å². The van der Waals surface area contributed by atoms with Gasteiger partial charge in [-0.05, 0) is 53.3 Å². The highest BCUT2D eigenvalue weighted by molar-refractivity contribution is 7.11. The van der Waals surface area contributed by atoms with Crippen LogP contribution in [-0.4, -0.2) is 5.78 Å². The number of carbonyl (C=O) groups is 1. The van der Waals surface area contributed by atoms with Crippen molar-refractivity contribution in [1.29, 1.82) is 0 Å². The Morgan fingerprint density at radius 1 is 0.952 bits per heavy atom. The molecule has 1 nitrogen and oxygen atoms in total. The highest BCUT2D eigenvalue weighted by Gasteiger charge is 2.33. The molecule has 0 saturated heterocycles. The quantitative estimate of drug-likeness (QED) is 0.653. The van der Waals surface area contributed by atoms with Gasteiger partial charge in [-0.1, -0.05) is 26.0 Å². The molecule has 1 saturated carbocycles. The fourth-order valence-corrected chi connectivity index (χ4v) is 4.15. The van der Waals surface area contributed by atoms with Gasteiger partial charge < -0.3 is 0 Å². The smallest absolute Gasteiger partial charge is 0.185 e. The minimum atomic E-state index is 0.139. The molecule has 21 heavy (non-hydrogen) atoms. The zero-order chi connectivity index (χ0) is 14.9. The number of carbonyl (C=O) groups excluding carboxylic acids is 1. The van der Waals surface area contributed by atoms with Gasteiger partial charge in [-0.25, -0.2) is 0 Å². The second-order valence-electron chi connectivity index (χ2n) is 6.22. The summed E-state index contributed by atoms with van der Waals surface area (Å²) in [5.74, 6) is 0.219. The Kier molecular flexibility index (Phi) is 3.96. The van der Waals surface area contributed by atoms with Crippen LogP contribution in [0.1, 0.15) is 36.4 Å². The first-order chi connectivity index (χ1) is 10.0. The Morgan fingerprint density at radius 3 is 1.81 bits per heavy atom. The number of thiophene rings is 2. The van der Waals surface area contributed by atoms with Crippen molar-refractivity contribution in [2.75, 3.05) is 0 Å². The van der Waals surface area contributed by atoms with Crippen molar-refractivity contribution in [2.45, 2.75) is 26.7 Å². The lowest BCUT2D eigenvalue weighted by Gasteiger charge is -2.32. The topological polar surface area (TPSA) is 17.1 Å². The highest BCUT2D eigenvalue weighted by atomic mass is 32.1. The summed E-state index contributed by atoms with van der Waals surface area (Å²) in [7, 11) is 0. The summed E-state index contributed by atoms with van der Waals surface area (Å²) in [4.78, 5) is 15.1. The minimum absolute atomic E-state index is 0.139. The van der Waals surface area contributed by atoms with Crippen LogP contribution >= 0.6 is 22.7 Å². The van der Waals surface area contributed by atoms with E-state index in [1.165, 1.54) is 0 Å². The van der Waals surface area contributed by atoms with E-state index in [1.807, 2.05) is 22.9 Å². The summed E-state index contributed by atoms with van der Waals surface area (Å²) in [5, 5.41) is 4.10. The van der Waals surface area contributed by atoms with E-state index in [9.17, 15) is 4.79 Å². The van der Waals surface area contributed by atoms with Gasteiger partial charge >= 0.3 is 0 Å². The Morgan fingerprint density at radius 2 is 1.43 bits per heavy atom. The van der Waals surface area contributed by atoms with E-state index in [0.717, 1.165) is 33.7 Å². The molecule has 2 aromatic heterocycles. The number of Topliss-reactive ketones (excluding diaryl/α,β-unsaturated/α-hetero) is 1. The average molecular weight is 314 g/mol. The maximum Gasteiger partial charge on any atom is 0.185 e. The number of ketones is 1. The van der Waals surface area contributed by atoms with Crippen LogP contribution in [0.3, 0.4) is 0 Å². The molecule has 1 aliphatic carbocycles. The molecule has 2 aromatic rings. The standard InChI is InChI=1S/C18H18OS2/c1-18(2)11-13(9-15-5-3-7-20-15)17(19)14(12-18)10-16-6-4-8-21-16/h3-10H,11-12H2,1-2H3. The molecule has 0 N–H and O–H groups in total. The maximum atomic E-state index is 12.7. The summed E-state index contributed by atoms with van der Waals surface area (Å²) >= 11 is 3.36. The van der Waals surface area contributed by atoms with Gasteiger partial charge in [0.1, 0.15) is 0 Å². The second kappa shape index (κ2) is 5.74. The Bertz CT molecular complexity index is 627. The lowest BCUT2D eigenvalue weighted by atomic mass is 9.71. The molecule has 0 bridgehead atoms.